The first-order valence-corrected chi connectivity index (χ1v) is 7.13. The van der Waals surface area contributed by atoms with Gasteiger partial charge in [-0.3, -0.25) is 0 Å². The van der Waals surface area contributed by atoms with Gasteiger partial charge in [0.1, 0.15) is 5.15 Å². The molecule has 0 aliphatic carbocycles. The van der Waals surface area contributed by atoms with Gasteiger partial charge in [-0.2, -0.15) is 0 Å². The van der Waals surface area contributed by atoms with Crippen LogP contribution in [0, 0.1) is 0 Å². The maximum atomic E-state index is 6.33. The predicted molar refractivity (Wildman–Crippen MR) is 85.6 cm³/mol. The number of pyridine rings is 1. The molecule has 0 N–H and O–H groups in total. The van der Waals surface area contributed by atoms with Crippen molar-refractivity contribution in [2.75, 3.05) is 0 Å². The molecule has 4 rings (SSSR count). The highest BCUT2D eigenvalue weighted by molar-refractivity contribution is 6.30. The Morgan fingerprint density at radius 3 is 2.62 bits per heavy atom. The Kier molecular flexibility index (Phi) is 2.86. The highest BCUT2D eigenvalue weighted by Crippen LogP contribution is 2.22. The molecule has 102 valence electrons. The van der Waals surface area contributed by atoms with E-state index in [-0.39, 0.29) is 0 Å². The van der Waals surface area contributed by atoms with Crippen LogP contribution < -0.4 is 0 Å². The summed E-state index contributed by atoms with van der Waals surface area (Å²) in [7, 11) is 0. The van der Waals surface area contributed by atoms with Gasteiger partial charge in [0.25, 0.3) is 0 Å². The molecule has 0 radical (unpaired) electrons. The van der Waals surface area contributed by atoms with Gasteiger partial charge in [0.2, 0.25) is 0 Å². The standard InChI is InChI=1S/C17H12ClN3/c18-17-13(9-12-5-1-2-6-14(12)20-17)10-21-11-19-15-7-3-4-8-16(15)21/h1-9,11H,10H2. The normalized spacial score (nSPS) is 11.3. The summed E-state index contributed by atoms with van der Waals surface area (Å²) in [6, 6.07) is 18.2. The van der Waals surface area contributed by atoms with Crippen LogP contribution in [0.25, 0.3) is 21.9 Å². The van der Waals surface area contributed by atoms with Crippen LogP contribution >= 0.6 is 11.6 Å². The van der Waals surface area contributed by atoms with Gasteiger partial charge in [-0.1, -0.05) is 41.9 Å². The minimum Gasteiger partial charge on any atom is -0.326 e. The zero-order chi connectivity index (χ0) is 14.2. The lowest BCUT2D eigenvalue weighted by atomic mass is 10.1. The van der Waals surface area contributed by atoms with Crippen molar-refractivity contribution in [3.05, 3.63) is 71.6 Å². The highest BCUT2D eigenvalue weighted by atomic mass is 35.5. The Morgan fingerprint density at radius 1 is 0.952 bits per heavy atom. The molecule has 0 amide bonds. The fourth-order valence-corrected chi connectivity index (χ4v) is 2.77. The number of para-hydroxylation sites is 3. The van der Waals surface area contributed by atoms with Gasteiger partial charge in [-0.05, 0) is 24.3 Å². The fourth-order valence-electron chi connectivity index (χ4n) is 2.57. The topological polar surface area (TPSA) is 30.7 Å². The third-order valence-corrected chi connectivity index (χ3v) is 3.95. The van der Waals surface area contributed by atoms with Crippen molar-refractivity contribution < 1.29 is 0 Å². The summed E-state index contributed by atoms with van der Waals surface area (Å²) >= 11 is 6.33. The average Bonchev–Trinajstić information content (AvgIpc) is 2.91. The van der Waals surface area contributed by atoms with Gasteiger partial charge in [0.15, 0.2) is 0 Å². The van der Waals surface area contributed by atoms with E-state index in [1.807, 2.05) is 48.8 Å². The number of fused-ring (bicyclic) bond motifs is 2. The molecule has 0 saturated heterocycles. The van der Waals surface area contributed by atoms with Crippen molar-refractivity contribution in [1.82, 2.24) is 14.5 Å². The van der Waals surface area contributed by atoms with Crippen molar-refractivity contribution in [2.24, 2.45) is 0 Å². The van der Waals surface area contributed by atoms with Crippen LogP contribution in [-0.4, -0.2) is 14.5 Å². The fraction of sp³-hybridized carbons (Fsp3) is 0.0588. The molecule has 0 fully saturated rings. The number of nitrogens with zero attached hydrogens (tertiary/aromatic N) is 3. The highest BCUT2D eigenvalue weighted by Gasteiger charge is 2.08. The quantitative estimate of drug-likeness (QED) is 0.516. The first-order valence-electron chi connectivity index (χ1n) is 6.75. The first-order chi connectivity index (χ1) is 10.3. The monoisotopic (exact) mass is 293 g/mol. The molecule has 0 atom stereocenters. The van der Waals surface area contributed by atoms with E-state index in [1.54, 1.807) is 0 Å². The number of benzene rings is 2. The number of halogens is 1. The Morgan fingerprint density at radius 2 is 1.71 bits per heavy atom. The van der Waals surface area contributed by atoms with E-state index in [0.717, 1.165) is 27.5 Å². The van der Waals surface area contributed by atoms with Crippen LogP contribution in [0.1, 0.15) is 5.56 Å². The lowest BCUT2D eigenvalue weighted by Gasteiger charge is -2.08. The zero-order valence-electron chi connectivity index (χ0n) is 11.2. The van der Waals surface area contributed by atoms with Crippen molar-refractivity contribution in [3.63, 3.8) is 0 Å². The average molecular weight is 294 g/mol. The number of hydrogen-bond donors (Lipinski definition) is 0. The van der Waals surface area contributed by atoms with Gasteiger partial charge < -0.3 is 4.57 Å². The van der Waals surface area contributed by atoms with Crippen molar-refractivity contribution in [3.8, 4) is 0 Å². The maximum Gasteiger partial charge on any atom is 0.134 e. The molecule has 2 aromatic heterocycles. The Hall–Kier alpha value is -2.39. The minimum absolute atomic E-state index is 0.548. The summed E-state index contributed by atoms with van der Waals surface area (Å²) in [4.78, 5) is 8.87. The summed E-state index contributed by atoms with van der Waals surface area (Å²) < 4.78 is 2.09. The third kappa shape index (κ3) is 2.16. The summed E-state index contributed by atoms with van der Waals surface area (Å²) in [5.41, 5.74) is 4.00. The molecule has 0 unspecified atom stereocenters. The molecule has 2 aromatic carbocycles. The van der Waals surface area contributed by atoms with E-state index in [0.29, 0.717) is 11.7 Å². The minimum atomic E-state index is 0.548. The first kappa shape index (κ1) is 12.4. The van der Waals surface area contributed by atoms with E-state index in [4.69, 9.17) is 11.6 Å². The molecule has 4 aromatic rings. The number of imidazole rings is 1. The van der Waals surface area contributed by atoms with Gasteiger partial charge in [0, 0.05) is 10.9 Å². The van der Waals surface area contributed by atoms with Crippen LogP contribution in [0.5, 0.6) is 0 Å². The van der Waals surface area contributed by atoms with Crippen molar-refractivity contribution in [2.45, 2.75) is 6.54 Å². The molecule has 2 heterocycles. The van der Waals surface area contributed by atoms with Crippen molar-refractivity contribution >= 4 is 33.5 Å². The summed E-state index contributed by atoms with van der Waals surface area (Å²) in [6.07, 6.45) is 1.84. The lowest BCUT2D eigenvalue weighted by Crippen LogP contribution is -2.00. The van der Waals surface area contributed by atoms with Crippen molar-refractivity contribution in [1.29, 1.82) is 0 Å². The molecule has 3 nitrogen and oxygen atoms in total. The second-order valence-corrected chi connectivity index (χ2v) is 5.35. The summed E-state index contributed by atoms with van der Waals surface area (Å²) in [5, 5.41) is 1.65. The van der Waals surface area contributed by atoms with Gasteiger partial charge >= 0.3 is 0 Å². The number of rotatable bonds is 2. The number of hydrogen-bond acceptors (Lipinski definition) is 2. The zero-order valence-corrected chi connectivity index (χ0v) is 12.0. The van der Waals surface area contributed by atoms with Crippen LogP contribution in [0.4, 0.5) is 0 Å². The van der Waals surface area contributed by atoms with Gasteiger partial charge in [-0.15, -0.1) is 0 Å². The third-order valence-electron chi connectivity index (χ3n) is 3.62. The SMILES string of the molecule is Clc1nc2ccccc2cc1Cn1cnc2ccccc21. The lowest BCUT2D eigenvalue weighted by molar-refractivity contribution is 0.822. The van der Waals surface area contributed by atoms with Crippen LogP contribution in [-0.2, 0) is 6.54 Å². The number of aromatic nitrogens is 3. The van der Waals surface area contributed by atoms with Gasteiger partial charge in [-0.25, -0.2) is 9.97 Å². The van der Waals surface area contributed by atoms with E-state index in [1.165, 1.54) is 0 Å². The predicted octanol–water partition coefficient (Wildman–Crippen LogP) is 4.29. The molecule has 0 spiro atoms. The smallest absolute Gasteiger partial charge is 0.134 e. The summed E-state index contributed by atoms with van der Waals surface area (Å²) in [5.74, 6) is 0. The Bertz CT molecular complexity index is 943. The van der Waals surface area contributed by atoms with E-state index >= 15 is 0 Å². The second-order valence-electron chi connectivity index (χ2n) is 4.99. The molecule has 4 heteroatoms. The molecular formula is C17H12ClN3. The Labute approximate surface area is 126 Å². The van der Waals surface area contributed by atoms with E-state index < -0.39 is 0 Å². The largest absolute Gasteiger partial charge is 0.326 e. The molecule has 0 saturated carbocycles. The molecule has 0 aliphatic heterocycles. The summed E-state index contributed by atoms with van der Waals surface area (Å²) in [6.45, 7) is 0.664. The maximum absolute atomic E-state index is 6.33. The molecule has 0 aliphatic rings. The van der Waals surface area contributed by atoms with Crippen LogP contribution in [0.15, 0.2) is 60.9 Å². The second kappa shape index (κ2) is 4.86. The van der Waals surface area contributed by atoms with Gasteiger partial charge in [0.05, 0.1) is 29.4 Å². The molecular weight excluding hydrogens is 282 g/mol. The van der Waals surface area contributed by atoms with E-state index in [2.05, 4.69) is 26.7 Å². The Balaban J connectivity index is 1.82. The van der Waals surface area contributed by atoms with Crippen LogP contribution in [0.3, 0.4) is 0 Å². The van der Waals surface area contributed by atoms with E-state index in [9.17, 15) is 0 Å². The molecule has 0 bridgehead atoms. The molecule has 21 heavy (non-hydrogen) atoms. The van der Waals surface area contributed by atoms with Crippen LogP contribution in [0.2, 0.25) is 5.15 Å².